The number of rotatable bonds is 3. The number of hydrogen-bond acceptors (Lipinski definition) is 4. The molecule has 2 unspecified atom stereocenters. The van der Waals surface area contributed by atoms with Crippen LogP contribution in [0, 0.1) is 0 Å². The number of aryl methyl sites for hydroxylation is 1. The molecule has 0 spiro atoms. The van der Waals surface area contributed by atoms with E-state index in [9.17, 15) is 13.2 Å². The fourth-order valence-electron chi connectivity index (χ4n) is 2.47. The molecule has 1 aromatic rings. The Morgan fingerprint density at radius 1 is 1.43 bits per heavy atom. The van der Waals surface area contributed by atoms with Crippen molar-refractivity contribution in [2.24, 2.45) is 0 Å². The summed E-state index contributed by atoms with van der Waals surface area (Å²) in [6.45, 7) is 1.41. The van der Waals surface area contributed by atoms with Crippen LogP contribution in [-0.4, -0.2) is 25.8 Å². The van der Waals surface area contributed by atoms with E-state index in [0.717, 1.165) is 36.6 Å². The molecule has 0 bridgehead atoms. The number of sulfone groups is 1. The normalized spacial score (nSPS) is 19.0. The third-order valence-electron chi connectivity index (χ3n) is 3.81. The zero-order valence-electron chi connectivity index (χ0n) is 12.1. The molecule has 0 aromatic heterocycles. The van der Waals surface area contributed by atoms with Crippen molar-refractivity contribution in [1.29, 1.82) is 0 Å². The van der Waals surface area contributed by atoms with E-state index >= 15 is 0 Å². The van der Waals surface area contributed by atoms with Crippen LogP contribution in [0.4, 0.5) is 5.69 Å². The largest absolute Gasteiger partial charge is 0.399 e. The Labute approximate surface area is 131 Å². The predicted octanol–water partition coefficient (Wildman–Crippen LogP) is 1.62. The topological polar surface area (TPSA) is 89.3 Å². The van der Waals surface area contributed by atoms with E-state index in [-0.39, 0.29) is 18.4 Å². The molecular formula is C14H21ClN2O3S. The van der Waals surface area contributed by atoms with Gasteiger partial charge in [-0.1, -0.05) is 6.07 Å². The van der Waals surface area contributed by atoms with Gasteiger partial charge in [0.1, 0.15) is 5.25 Å². The molecule has 1 aromatic carbocycles. The van der Waals surface area contributed by atoms with Gasteiger partial charge in [-0.2, -0.15) is 0 Å². The number of anilines is 1. The van der Waals surface area contributed by atoms with Gasteiger partial charge in [0.05, 0.1) is 6.04 Å². The highest BCUT2D eigenvalue weighted by Crippen LogP contribution is 2.31. The maximum absolute atomic E-state index is 12.0. The van der Waals surface area contributed by atoms with Gasteiger partial charge in [0.15, 0.2) is 9.84 Å². The molecule has 2 atom stereocenters. The van der Waals surface area contributed by atoms with Crippen molar-refractivity contribution in [1.82, 2.24) is 5.32 Å². The molecular weight excluding hydrogens is 312 g/mol. The molecule has 0 saturated carbocycles. The second kappa shape index (κ2) is 6.66. The van der Waals surface area contributed by atoms with Crippen molar-refractivity contribution in [3.8, 4) is 0 Å². The van der Waals surface area contributed by atoms with E-state index in [1.165, 1.54) is 6.92 Å². The molecule has 118 valence electrons. The van der Waals surface area contributed by atoms with Crippen LogP contribution in [0.3, 0.4) is 0 Å². The second-order valence-corrected chi connectivity index (χ2v) is 7.75. The zero-order valence-corrected chi connectivity index (χ0v) is 13.8. The number of carbonyl (C=O) groups excluding carboxylic acids is 1. The van der Waals surface area contributed by atoms with Gasteiger partial charge in [-0.15, -0.1) is 12.4 Å². The molecule has 5 nitrogen and oxygen atoms in total. The van der Waals surface area contributed by atoms with Crippen LogP contribution in [0.5, 0.6) is 0 Å². The Balaban J connectivity index is 0.00000220. The Kier molecular flexibility index (Phi) is 5.64. The number of hydrogen-bond donors (Lipinski definition) is 2. The van der Waals surface area contributed by atoms with Crippen molar-refractivity contribution in [3.05, 3.63) is 29.3 Å². The maximum Gasteiger partial charge on any atom is 0.238 e. The fraction of sp³-hybridized carbons (Fsp3) is 0.500. The molecule has 0 aliphatic heterocycles. The van der Waals surface area contributed by atoms with Crippen molar-refractivity contribution in [3.63, 3.8) is 0 Å². The van der Waals surface area contributed by atoms with E-state index in [0.29, 0.717) is 5.69 Å². The molecule has 1 amide bonds. The minimum Gasteiger partial charge on any atom is -0.399 e. The highest BCUT2D eigenvalue weighted by Gasteiger charge is 2.28. The van der Waals surface area contributed by atoms with Gasteiger partial charge in [0, 0.05) is 11.9 Å². The first-order valence-electron chi connectivity index (χ1n) is 6.66. The van der Waals surface area contributed by atoms with E-state index in [1.54, 1.807) is 0 Å². The number of nitrogens with one attached hydrogen (secondary N) is 1. The zero-order chi connectivity index (χ0) is 14.9. The molecule has 1 aliphatic carbocycles. The highest BCUT2D eigenvalue weighted by molar-refractivity contribution is 7.92. The SMILES string of the molecule is CC(C(=O)NC1CCCc2cc(N)ccc21)S(C)(=O)=O.Cl. The summed E-state index contributed by atoms with van der Waals surface area (Å²) in [4.78, 5) is 12.0. The summed E-state index contributed by atoms with van der Waals surface area (Å²) < 4.78 is 22.9. The van der Waals surface area contributed by atoms with Crippen LogP contribution in [0.2, 0.25) is 0 Å². The molecule has 3 N–H and O–H groups in total. The van der Waals surface area contributed by atoms with Crippen LogP contribution in [-0.2, 0) is 21.1 Å². The number of nitrogens with two attached hydrogens (primary N) is 1. The molecule has 0 fully saturated rings. The van der Waals surface area contributed by atoms with Gasteiger partial charge in [-0.05, 0) is 49.4 Å². The van der Waals surface area contributed by atoms with Gasteiger partial charge in [0.25, 0.3) is 0 Å². The van der Waals surface area contributed by atoms with E-state index < -0.39 is 21.0 Å². The van der Waals surface area contributed by atoms with Gasteiger partial charge in [-0.3, -0.25) is 4.79 Å². The average molecular weight is 333 g/mol. The Morgan fingerprint density at radius 2 is 2.10 bits per heavy atom. The van der Waals surface area contributed by atoms with Crippen LogP contribution in [0.1, 0.15) is 36.9 Å². The summed E-state index contributed by atoms with van der Waals surface area (Å²) in [7, 11) is -3.37. The molecule has 2 rings (SSSR count). The first-order valence-corrected chi connectivity index (χ1v) is 8.62. The second-order valence-electron chi connectivity index (χ2n) is 5.38. The number of carbonyl (C=O) groups is 1. The third-order valence-corrected chi connectivity index (χ3v) is 5.31. The fourth-order valence-corrected chi connectivity index (χ4v) is 2.92. The van der Waals surface area contributed by atoms with Crippen molar-refractivity contribution < 1.29 is 13.2 Å². The lowest BCUT2D eigenvalue weighted by atomic mass is 9.87. The van der Waals surface area contributed by atoms with E-state index in [1.807, 2.05) is 18.2 Å². The summed E-state index contributed by atoms with van der Waals surface area (Å²) in [5, 5.41) is 1.82. The Hall–Kier alpha value is -1.27. The van der Waals surface area contributed by atoms with Crippen LogP contribution in [0.15, 0.2) is 18.2 Å². The van der Waals surface area contributed by atoms with E-state index in [4.69, 9.17) is 5.73 Å². The minimum atomic E-state index is -3.37. The maximum atomic E-state index is 12.0. The first-order chi connectivity index (χ1) is 9.29. The molecule has 7 heteroatoms. The number of amides is 1. The molecule has 0 saturated heterocycles. The standard InChI is InChI=1S/C14H20N2O3S.ClH/c1-9(20(2,18)19)14(17)16-13-5-3-4-10-8-11(15)6-7-12(10)13;/h6-9,13H,3-5,15H2,1-2H3,(H,16,17);1H. The quantitative estimate of drug-likeness (QED) is 0.823. The number of nitrogen functional groups attached to an aromatic ring is 1. The number of benzene rings is 1. The van der Waals surface area contributed by atoms with Crippen LogP contribution < -0.4 is 11.1 Å². The highest BCUT2D eigenvalue weighted by atomic mass is 35.5. The summed E-state index contributed by atoms with van der Waals surface area (Å²) in [5.41, 5.74) is 8.65. The summed E-state index contributed by atoms with van der Waals surface area (Å²) in [6.07, 6.45) is 3.79. The minimum absolute atomic E-state index is 0. The third kappa shape index (κ3) is 4.11. The van der Waals surface area contributed by atoms with Crippen LogP contribution >= 0.6 is 12.4 Å². The number of fused-ring (bicyclic) bond motifs is 1. The molecule has 1 aliphatic rings. The Morgan fingerprint density at radius 3 is 2.71 bits per heavy atom. The lowest BCUT2D eigenvalue weighted by Gasteiger charge is -2.27. The number of halogens is 1. The summed E-state index contributed by atoms with van der Waals surface area (Å²) >= 11 is 0. The van der Waals surface area contributed by atoms with E-state index in [2.05, 4.69) is 5.32 Å². The van der Waals surface area contributed by atoms with Crippen molar-refractivity contribution >= 4 is 33.8 Å². The predicted molar refractivity (Wildman–Crippen MR) is 86.2 cm³/mol. The van der Waals surface area contributed by atoms with Gasteiger partial charge in [0.2, 0.25) is 5.91 Å². The molecule has 0 heterocycles. The van der Waals surface area contributed by atoms with Gasteiger partial charge in [-0.25, -0.2) is 8.42 Å². The summed E-state index contributed by atoms with van der Waals surface area (Å²) in [6, 6.07) is 5.52. The average Bonchev–Trinajstić information content (AvgIpc) is 2.36. The lowest BCUT2D eigenvalue weighted by molar-refractivity contribution is -0.121. The smallest absolute Gasteiger partial charge is 0.238 e. The molecule has 21 heavy (non-hydrogen) atoms. The first kappa shape index (κ1) is 17.8. The van der Waals surface area contributed by atoms with Crippen LogP contribution in [0.25, 0.3) is 0 Å². The van der Waals surface area contributed by atoms with Gasteiger partial charge >= 0.3 is 0 Å². The lowest BCUT2D eigenvalue weighted by Crippen LogP contribution is -2.40. The van der Waals surface area contributed by atoms with Crippen molar-refractivity contribution in [2.75, 3.05) is 12.0 Å². The Bertz CT molecular complexity index is 631. The molecule has 0 radical (unpaired) electrons. The van der Waals surface area contributed by atoms with Gasteiger partial charge < -0.3 is 11.1 Å². The monoisotopic (exact) mass is 332 g/mol. The van der Waals surface area contributed by atoms with Crippen molar-refractivity contribution in [2.45, 2.75) is 37.5 Å². The summed E-state index contributed by atoms with van der Waals surface area (Å²) in [5.74, 6) is -0.442.